The van der Waals surface area contributed by atoms with Crippen molar-refractivity contribution in [3.63, 3.8) is 0 Å². The van der Waals surface area contributed by atoms with Gasteiger partial charge >= 0.3 is 0 Å². The van der Waals surface area contributed by atoms with E-state index in [1.54, 1.807) is 6.92 Å². The summed E-state index contributed by atoms with van der Waals surface area (Å²) in [5.41, 5.74) is 8.84. The van der Waals surface area contributed by atoms with Gasteiger partial charge in [-0.25, -0.2) is 0 Å². The van der Waals surface area contributed by atoms with E-state index in [2.05, 4.69) is 20.2 Å². The fourth-order valence-corrected chi connectivity index (χ4v) is 0.968. The summed E-state index contributed by atoms with van der Waals surface area (Å²) in [5.74, 6) is -0.738. The van der Waals surface area contributed by atoms with Crippen LogP contribution in [0.3, 0.4) is 0 Å². The molecule has 0 aliphatic carbocycles. The highest BCUT2D eigenvalue weighted by molar-refractivity contribution is 5.96. The van der Waals surface area contributed by atoms with Gasteiger partial charge in [0.25, 0.3) is 5.91 Å². The lowest BCUT2D eigenvalue weighted by Gasteiger charge is -1.93. The second-order valence-electron chi connectivity index (χ2n) is 2.32. The number of amides is 1. The number of aliphatic hydroxyl groups excluding tert-OH is 1. The SMILES string of the molecule is Cc1[nH]nc(CO)c1C(=O)N=[N+]=[N-]. The zero-order valence-corrected chi connectivity index (χ0v) is 6.85. The van der Waals surface area contributed by atoms with E-state index in [1.807, 2.05) is 0 Å². The van der Waals surface area contributed by atoms with Crippen LogP contribution in [-0.2, 0) is 6.61 Å². The number of nitrogens with zero attached hydrogens (tertiary/aromatic N) is 4. The molecule has 13 heavy (non-hydrogen) atoms. The molecule has 1 aromatic rings. The average Bonchev–Trinajstić information content (AvgIpc) is 2.47. The van der Waals surface area contributed by atoms with Crippen molar-refractivity contribution in [3.8, 4) is 0 Å². The molecule has 0 atom stereocenters. The van der Waals surface area contributed by atoms with Gasteiger partial charge in [-0.3, -0.25) is 9.89 Å². The number of carbonyl (C=O) groups is 1. The van der Waals surface area contributed by atoms with Crippen LogP contribution in [-0.4, -0.2) is 21.2 Å². The molecule has 68 valence electrons. The number of aliphatic hydroxyl groups is 1. The first-order chi connectivity index (χ1) is 6.20. The Hall–Kier alpha value is -1.85. The maximum absolute atomic E-state index is 11.1. The van der Waals surface area contributed by atoms with Crippen LogP contribution in [0.5, 0.6) is 0 Å². The minimum Gasteiger partial charge on any atom is -0.390 e. The van der Waals surface area contributed by atoms with E-state index >= 15 is 0 Å². The maximum Gasteiger partial charge on any atom is 0.252 e. The largest absolute Gasteiger partial charge is 0.390 e. The monoisotopic (exact) mass is 181 g/mol. The molecule has 0 saturated heterocycles. The van der Waals surface area contributed by atoms with Gasteiger partial charge in [-0.15, -0.1) is 0 Å². The van der Waals surface area contributed by atoms with Crippen molar-refractivity contribution >= 4 is 5.91 Å². The third-order valence-electron chi connectivity index (χ3n) is 1.52. The van der Waals surface area contributed by atoms with Crippen LogP contribution in [0.4, 0.5) is 0 Å². The number of nitrogens with one attached hydrogen (secondary N) is 1. The lowest BCUT2D eigenvalue weighted by molar-refractivity contribution is 0.0997. The number of H-pyrrole nitrogens is 1. The van der Waals surface area contributed by atoms with E-state index in [9.17, 15) is 4.79 Å². The summed E-state index contributed by atoms with van der Waals surface area (Å²) >= 11 is 0. The number of aromatic amines is 1. The Kier molecular flexibility index (Phi) is 2.63. The van der Waals surface area contributed by atoms with Gasteiger partial charge in [-0.2, -0.15) is 5.10 Å². The van der Waals surface area contributed by atoms with Gasteiger partial charge in [0, 0.05) is 10.6 Å². The summed E-state index contributed by atoms with van der Waals surface area (Å²) in [6, 6.07) is 0. The summed E-state index contributed by atoms with van der Waals surface area (Å²) in [4.78, 5) is 13.5. The first-order valence-electron chi connectivity index (χ1n) is 3.44. The van der Waals surface area contributed by atoms with Crippen molar-refractivity contribution in [3.05, 3.63) is 27.4 Å². The molecule has 1 aromatic heterocycles. The van der Waals surface area contributed by atoms with Crippen LogP contribution in [0.2, 0.25) is 0 Å². The minimum absolute atomic E-state index is 0.139. The Bertz CT molecular complexity index is 376. The van der Waals surface area contributed by atoms with Crippen molar-refractivity contribution < 1.29 is 9.90 Å². The fourth-order valence-electron chi connectivity index (χ4n) is 0.968. The molecule has 0 aliphatic heterocycles. The molecule has 0 unspecified atom stereocenters. The zero-order chi connectivity index (χ0) is 9.84. The van der Waals surface area contributed by atoms with Crippen molar-refractivity contribution in [2.75, 3.05) is 0 Å². The maximum atomic E-state index is 11.1. The Labute approximate surface area is 73.0 Å². The van der Waals surface area contributed by atoms with Crippen LogP contribution >= 0.6 is 0 Å². The zero-order valence-electron chi connectivity index (χ0n) is 6.85. The number of rotatable bonds is 2. The van der Waals surface area contributed by atoms with E-state index in [-0.39, 0.29) is 17.9 Å². The highest BCUT2D eigenvalue weighted by Gasteiger charge is 2.15. The van der Waals surface area contributed by atoms with Gasteiger partial charge in [0.05, 0.1) is 17.9 Å². The number of hydrogen-bond donors (Lipinski definition) is 2. The van der Waals surface area contributed by atoms with Crippen LogP contribution in [0.1, 0.15) is 21.7 Å². The normalized spacial score (nSPS) is 9.38. The average molecular weight is 181 g/mol. The van der Waals surface area contributed by atoms with Crippen LogP contribution in [0, 0.1) is 6.92 Å². The van der Waals surface area contributed by atoms with Crippen molar-refractivity contribution in [1.82, 2.24) is 10.2 Å². The van der Waals surface area contributed by atoms with Crippen LogP contribution in [0.25, 0.3) is 10.4 Å². The smallest absolute Gasteiger partial charge is 0.252 e. The lowest BCUT2D eigenvalue weighted by Crippen LogP contribution is -1.99. The van der Waals surface area contributed by atoms with Crippen LogP contribution in [0.15, 0.2) is 5.11 Å². The molecule has 2 N–H and O–H groups in total. The highest BCUT2D eigenvalue weighted by Crippen LogP contribution is 2.11. The summed E-state index contributed by atoms with van der Waals surface area (Å²) in [6.45, 7) is 1.23. The minimum atomic E-state index is -0.738. The number of aromatic nitrogens is 2. The summed E-state index contributed by atoms with van der Waals surface area (Å²) < 4.78 is 0. The molecule has 1 heterocycles. The molecular formula is C6H7N5O2. The molecule has 0 saturated carbocycles. The predicted molar refractivity (Wildman–Crippen MR) is 42.7 cm³/mol. The Morgan fingerprint density at radius 1 is 1.85 bits per heavy atom. The van der Waals surface area contributed by atoms with E-state index < -0.39 is 5.91 Å². The van der Waals surface area contributed by atoms with Crippen molar-refractivity contribution in [2.24, 2.45) is 5.11 Å². The summed E-state index contributed by atoms with van der Waals surface area (Å²) in [7, 11) is 0. The van der Waals surface area contributed by atoms with E-state index in [4.69, 9.17) is 10.6 Å². The molecule has 1 rings (SSSR count). The van der Waals surface area contributed by atoms with Crippen molar-refractivity contribution in [2.45, 2.75) is 13.5 Å². The summed E-state index contributed by atoms with van der Waals surface area (Å²) in [5, 5.41) is 17.9. The van der Waals surface area contributed by atoms with Gasteiger partial charge in [0.15, 0.2) is 0 Å². The third-order valence-corrected chi connectivity index (χ3v) is 1.52. The second kappa shape index (κ2) is 3.70. The number of carbonyl (C=O) groups excluding carboxylic acids is 1. The highest BCUT2D eigenvalue weighted by atomic mass is 16.3. The predicted octanol–water partition coefficient (Wildman–Crippen LogP) is 0.661. The Morgan fingerprint density at radius 2 is 2.54 bits per heavy atom. The number of hydrogen-bond acceptors (Lipinski definition) is 3. The topological polar surface area (TPSA) is 115 Å². The van der Waals surface area contributed by atoms with Gasteiger partial charge in [0.2, 0.25) is 0 Å². The van der Waals surface area contributed by atoms with Gasteiger partial charge < -0.3 is 5.11 Å². The first kappa shape index (κ1) is 9.24. The standard InChI is InChI=1S/C6H7N5O2/c1-3-5(6(13)10-11-7)4(2-12)9-8-3/h12H,2H2,1H3,(H,8,9). The molecular weight excluding hydrogens is 174 g/mol. The summed E-state index contributed by atoms with van der Waals surface area (Å²) in [6.07, 6.45) is 0. The third kappa shape index (κ3) is 1.66. The molecule has 0 aliphatic rings. The molecule has 0 fully saturated rings. The van der Waals surface area contributed by atoms with E-state index in [1.165, 1.54) is 0 Å². The molecule has 7 heteroatoms. The number of azide groups is 1. The molecule has 0 aromatic carbocycles. The Morgan fingerprint density at radius 3 is 3.08 bits per heavy atom. The second-order valence-corrected chi connectivity index (χ2v) is 2.32. The molecule has 0 radical (unpaired) electrons. The van der Waals surface area contributed by atoms with Gasteiger partial charge in [-0.05, 0) is 17.6 Å². The fraction of sp³-hybridized carbons (Fsp3) is 0.333. The number of aryl methyl sites for hydroxylation is 1. The van der Waals surface area contributed by atoms with E-state index in [0.29, 0.717) is 5.69 Å². The molecule has 7 nitrogen and oxygen atoms in total. The van der Waals surface area contributed by atoms with Crippen molar-refractivity contribution in [1.29, 1.82) is 0 Å². The molecule has 1 amide bonds. The van der Waals surface area contributed by atoms with Gasteiger partial charge in [0.1, 0.15) is 0 Å². The van der Waals surface area contributed by atoms with Gasteiger partial charge in [-0.1, -0.05) is 0 Å². The van der Waals surface area contributed by atoms with Crippen LogP contribution < -0.4 is 0 Å². The quantitative estimate of drug-likeness (QED) is 0.396. The molecule has 0 bridgehead atoms. The Balaban J connectivity index is 3.17. The first-order valence-corrected chi connectivity index (χ1v) is 3.44. The molecule has 0 spiro atoms. The van der Waals surface area contributed by atoms with E-state index in [0.717, 1.165) is 0 Å². The lowest BCUT2D eigenvalue weighted by atomic mass is 10.2.